The fourth-order valence-corrected chi connectivity index (χ4v) is 2.53. The van der Waals surface area contributed by atoms with E-state index >= 15 is 0 Å². The van der Waals surface area contributed by atoms with E-state index in [-0.39, 0.29) is 0 Å². The molecule has 1 aliphatic carbocycles. The number of nitrogens with one attached hydrogen (secondary N) is 1. The maximum Gasteiger partial charge on any atom is 0.231 e. The minimum Gasteiger partial charge on any atom is -0.454 e. The number of anilines is 1. The predicted molar refractivity (Wildman–Crippen MR) is 63.5 cm³/mol. The van der Waals surface area contributed by atoms with Gasteiger partial charge in [0.2, 0.25) is 6.79 Å². The van der Waals surface area contributed by atoms with Gasteiger partial charge in [0, 0.05) is 18.2 Å². The molecule has 1 saturated carbocycles. The molecule has 0 spiro atoms. The van der Waals surface area contributed by atoms with Gasteiger partial charge in [-0.15, -0.1) is 0 Å². The van der Waals surface area contributed by atoms with Crippen LogP contribution in [0, 0.1) is 0 Å². The van der Waals surface area contributed by atoms with Crippen LogP contribution in [0.1, 0.15) is 25.7 Å². The average molecular weight is 240 g/mol. The third kappa shape index (κ3) is 1.80. The molecule has 0 unspecified atom stereocenters. The van der Waals surface area contributed by atoms with Gasteiger partial charge in [-0.3, -0.25) is 0 Å². The fourth-order valence-electron chi connectivity index (χ4n) is 2.32. The molecule has 0 aromatic heterocycles. The molecule has 3 rings (SSSR count). The second-order valence-electron chi connectivity index (χ2n) is 4.31. The first kappa shape index (κ1) is 10.1. The number of rotatable bonds is 2. The summed E-state index contributed by atoms with van der Waals surface area (Å²) in [5, 5.41) is 4.18. The van der Waals surface area contributed by atoms with Crippen molar-refractivity contribution >= 4 is 17.3 Å². The van der Waals surface area contributed by atoms with Crippen molar-refractivity contribution in [1.29, 1.82) is 0 Å². The first-order valence-corrected chi connectivity index (χ1v) is 6.06. The summed E-state index contributed by atoms with van der Waals surface area (Å²) in [5.74, 6) is 1.52. The Bertz CT molecular complexity index is 402. The zero-order valence-corrected chi connectivity index (χ0v) is 9.72. The minimum atomic E-state index is 0.290. The van der Waals surface area contributed by atoms with Crippen molar-refractivity contribution in [3.8, 4) is 11.5 Å². The minimum absolute atomic E-state index is 0.290. The molecule has 3 nitrogen and oxygen atoms in total. The van der Waals surface area contributed by atoms with Gasteiger partial charge >= 0.3 is 0 Å². The van der Waals surface area contributed by atoms with Gasteiger partial charge in [-0.05, 0) is 12.8 Å². The number of hydrogen-bond acceptors (Lipinski definition) is 3. The highest BCUT2D eigenvalue weighted by molar-refractivity contribution is 6.33. The van der Waals surface area contributed by atoms with Crippen LogP contribution < -0.4 is 14.8 Å². The molecular formula is C12H14ClNO2. The number of ether oxygens (including phenoxy) is 2. The summed E-state index contributed by atoms with van der Waals surface area (Å²) in [6.07, 6.45) is 5.06. The lowest BCUT2D eigenvalue weighted by atomic mass is 10.2. The Morgan fingerprint density at radius 2 is 1.81 bits per heavy atom. The zero-order chi connectivity index (χ0) is 11.0. The summed E-state index contributed by atoms with van der Waals surface area (Å²) in [4.78, 5) is 0. The smallest absolute Gasteiger partial charge is 0.231 e. The molecule has 1 fully saturated rings. The van der Waals surface area contributed by atoms with Crippen LogP contribution in [-0.4, -0.2) is 12.8 Å². The highest BCUT2D eigenvalue weighted by Crippen LogP contribution is 2.40. The molecule has 1 aromatic rings. The molecule has 16 heavy (non-hydrogen) atoms. The van der Waals surface area contributed by atoms with Crippen molar-refractivity contribution < 1.29 is 9.47 Å². The van der Waals surface area contributed by atoms with Crippen LogP contribution in [0.4, 0.5) is 5.69 Å². The van der Waals surface area contributed by atoms with Crippen molar-refractivity contribution in [2.75, 3.05) is 12.1 Å². The molecule has 86 valence electrons. The van der Waals surface area contributed by atoms with E-state index < -0.39 is 0 Å². The predicted octanol–water partition coefficient (Wildman–Crippen LogP) is 3.42. The van der Waals surface area contributed by atoms with Crippen LogP contribution in [0.25, 0.3) is 0 Å². The van der Waals surface area contributed by atoms with Gasteiger partial charge < -0.3 is 14.8 Å². The summed E-state index contributed by atoms with van der Waals surface area (Å²) in [7, 11) is 0. The van der Waals surface area contributed by atoms with Gasteiger partial charge in [0.1, 0.15) is 0 Å². The summed E-state index contributed by atoms with van der Waals surface area (Å²) < 4.78 is 10.6. The molecule has 0 amide bonds. The molecular weight excluding hydrogens is 226 g/mol. The normalized spacial score (nSPS) is 19.1. The van der Waals surface area contributed by atoms with Crippen molar-refractivity contribution in [1.82, 2.24) is 0 Å². The molecule has 0 atom stereocenters. The van der Waals surface area contributed by atoms with Crippen LogP contribution in [0.15, 0.2) is 12.1 Å². The van der Waals surface area contributed by atoms with E-state index in [1.54, 1.807) is 0 Å². The number of halogens is 1. The Morgan fingerprint density at radius 3 is 2.56 bits per heavy atom. The topological polar surface area (TPSA) is 30.5 Å². The lowest BCUT2D eigenvalue weighted by molar-refractivity contribution is 0.174. The lowest BCUT2D eigenvalue weighted by Gasteiger charge is -2.15. The third-order valence-corrected chi connectivity index (χ3v) is 3.49. The van der Waals surface area contributed by atoms with Crippen LogP contribution in [0.2, 0.25) is 5.02 Å². The third-order valence-electron chi connectivity index (χ3n) is 3.18. The van der Waals surface area contributed by atoms with Crippen molar-refractivity contribution in [3.05, 3.63) is 17.2 Å². The van der Waals surface area contributed by atoms with Gasteiger partial charge in [0.15, 0.2) is 11.5 Å². The molecule has 1 heterocycles. The highest BCUT2D eigenvalue weighted by atomic mass is 35.5. The van der Waals surface area contributed by atoms with Gasteiger partial charge in [-0.1, -0.05) is 24.4 Å². The van der Waals surface area contributed by atoms with E-state index in [2.05, 4.69) is 5.32 Å². The van der Waals surface area contributed by atoms with Crippen LogP contribution in [0.3, 0.4) is 0 Å². The molecule has 1 aromatic carbocycles. The molecule has 0 bridgehead atoms. The summed E-state index contributed by atoms with van der Waals surface area (Å²) in [5.41, 5.74) is 0.956. The Balaban J connectivity index is 1.83. The van der Waals surface area contributed by atoms with E-state index in [1.807, 2.05) is 12.1 Å². The molecule has 1 N–H and O–H groups in total. The zero-order valence-electron chi connectivity index (χ0n) is 8.96. The summed E-state index contributed by atoms with van der Waals surface area (Å²) in [6, 6.07) is 4.31. The van der Waals surface area contributed by atoms with E-state index in [1.165, 1.54) is 25.7 Å². The molecule has 0 radical (unpaired) electrons. The van der Waals surface area contributed by atoms with E-state index in [9.17, 15) is 0 Å². The SMILES string of the molecule is Clc1cc2c(cc1NC1CCCC1)OCO2. The standard InChI is InChI=1S/C12H14ClNO2/c13-9-5-11-12(16-7-15-11)6-10(9)14-8-3-1-2-4-8/h5-6,8,14H,1-4,7H2. The molecule has 4 heteroatoms. The van der Waals surface area contributed by atoms with Crippen molar-refractivity contribution in [2.24, 2.45) is 0 Å². The van der Waals surface area contributed by atoms with Crippen molar-refractivity contribution in [2.45, 2.75) is 31.7 Å². The first-order chi connectivity index (χ1) is 7.83. The Morgan fingerprint density at radius 1 is 1.12 bits per heavy atom. The highest BCUT2D eigenvalue weighted by Gasteiger charge is 2.20. The maximum atomic E-state index is 6.19. The number of fused-ring (bicyclic) bond motifs is 1. The lowest BCUT2D eigenvalue weighted by Crippen LogP contribution is -2.14. The monoisotopic (exact) mass is 239 g/mol. The second-order valence-corrected chi connectivity index (χ2v) is 4.72. The molecule has 0 saturated heterocycles. The molecule has 2 aliphatic rings. The van der Waals surface area contributed by atoms with E-state index in [0.717, 1.165) is 17.2 Å². The van der Waals surface area contributed by atoms with Gasteiger partial charge in [0.05, 0.1) is 10.7 Å². The Hall–Kier alpha value is -1.09. The Kier molecular flexibility index (Phi) is 2.56. The molecule has 1 aliphatic heterocycles. The Labute approximate surface area is 99.7 Å². The number of benzene rings is 1. The van der Waals surface area contributed by atoms with Crippen LogP contribution in [0.5, 0.6) is 11.5 Å². The van der Waals surface area contributed by atoms with Crippen LogP contribution in [-0.2, 0) is 0 Å². The van der Waals surface area contributed by atoms with Gasteiger partial charge in [0.25, 0.3) is 0 Å². The fraction of sp³-hybridized carbons (Fsp3) is 0.500. The largest absolute Gasteiger partial charge is 0.454 e. The second kappa shape index (κ2) is 4.06. The summed E-state index contributed by atoms with van der Waals surface area (Å²) in [6.45, 7) is 0.290. The van der Waals surface area contributed by atoms with Gasteiger partial charge in [-0.2, -0.15) is 0 Å². The number of hydrogen-bond donors (Lipinski definition) is 1. The summed E-state index contributed by atoms with van der Waals surface area (Å²) >= 11 is 6.19. The van der Waals surface area contributed by atoms with Crippen LogP contribution >= 0.6 is 11.6 Å². The maximum absolute atomic E-state index is 6.19. The average Bonchev–Trinajstić information content (AvgIpc) is 2.89. The van der Waals surface area contributed by atoms with Gasteiger partial charge in [-0.25, -0.2) is 0 Å². The van der Waals surface area contributed by atoms with E-state index in [0.29, 0.717) is 17.9 Å². The quantitative estimate of drug-likeness (QED) is 0.858. The first-order valence-electron chi connectivity index (χ1n) is 5.68. The van der Waals surface area contributed by atoms with E-state index in [4.69, 9.17) is 21.1 Å². The van der Waals surface area contributed by atoms with Crippen molar-refractivity contribution in [3.63, 3.8) is 0 Å².